The largest absolute Gasteiger partial charge is 0.462 e. The zero-order valence-electron chi connectivity index (χ0n) is 10.00. The number of ether oxygens (including phenoxy) is 1. The molecule has 0 aliphatic heterocycles. The normalized spacial score (nSPS) is 17.9. The van der Waals surface area contributed by atoms with E-state index in [0.29, 0.717) is 19.3 Å². The molecule has 0 spiro atoms. The molecule has 16 heavy (non-hydrogen) atoms. The summed E-state index contributed by atoms with van der Waals surface area (Å²) >= 11 is 0. The fourth-order valence-corrected chi connectivity index (χ4v) is 2.30. The van der Waals surface area contributed by atoms with Gasteiger partial charge in [0.25, 0.3) is 0 Å². The molecule has 3 nitrogen and oxygen atoms in total. The molecular weight excluding hydrogens is 202 g/mol. The van der Waals surface area contributed by atoms with Crippen LogP contribution >= 0.6 is 0 Å². The van der Waals surface area contributed by atoms with E-state index in [2.05, 4.69) is 0 Å². The van der Waals surface area contributed by atoms with Crippen LogP contribution in [0.4, 0.5) is 0 Å². The van der Waals surface area contributed by atoms with Gasteiger partial charge in [-0.25, -0.2) is 0 Å². The van der Waals surface area contributed by atoms with Crippen LogP contribution in [0.3, 0.4) is 0 Å². The van der Waals surface area contributed by atoms with Crippen LogP contribution in [0, 0.1) is 6.92 Å². The first-order valence-electron chi connectivity index (χ1n) is 6.19. The Hall–Kier alpha value is -0.800. The van der Waals surface area contributed by atoms with E-state index in [-0.39, 0.29) is 0 Å². The van der Waals surface area contributed by atoms with Gasteiger partial charge in [-0.15, -0.1) is 0 Å². The molecule has 2 rings (SSSR count). The summed E-state index contributed by atoms with van der Waals surface area (Å²) in [5.41, 5.74) is 6.70. The van der Waals surface area contributed by atoms with Gasteiger partial charge in [-0.05, 0) is 31.4 Å². The summed E-state index contributed by atoms with van der Waals surface area (Å²) in [5.74, 6) is 1.78. The highest BCUT2D eigenvalue weighted by atomic mass is 16.5. The third-order valence-electron chi connectivity index (χ3n) is 3.27. The highest BCUT2D eigenvalue weighted by Gasteiger charge is 2.15. The van der Waals surface area contributed by atoms with Gasteiger partial charge < -0.3 is 14.9 Å². The molecule has 1 heterocycles. The van der Waals surface area contributed by atoms with Crippen LogP contribution in [0.1, 0.15) is 49.2 Å². The zero-order valence-corrected chi connectivity index (χ0v) is 10.00. The van der Waals surface area contributed by atoms with Gasteiger partial charge in [0.15, 0.2) is 0 Å². The average Bonchev–Trinajstić information content (AvgIpc) is 2.69. The first-order valence-corrected chi connectivity index (χ1v) is 6.19. The van der Waals surface area contributed by atoms with E-state index in [9.17, 15) is 0 Å². The number of hydrogen-bond donors (Lipinski definition) is 1. The van der Waals surface area contributed by atoms with Crippen LogP contribution in [-0.4, -0.2) is 6.10 Å². The molecule has 0 amide bonds. The molecule has 0 bridgehead atoms. The standard InChI is InChI=1S/C13H21NO2/c1-10-7-12(16-13(10)8-14)9-15-11-5-3-2-4-6-11/h7,11H,2-6,8-9,14H2,1H3. The maximum atomic E-state index is 5.85. The topological polar surface area (TPSA) is 48.4 Å². The van der Waals surface area contributed by atoms with Crippen molar-refractivity contribution in [3.63, 3.8) is 0 Å². The van der Waals surface area contributed by atoms with E-state index in [4.69, 9.17) is 14.9 Å². The summed E-state index contributed by atoms with van der Waals surface area (Å²) in [4.78, 5) is 0. The quantitative estimate of drug-likeness (QED) is 0.853. The van der Waals surface area contributed by atoms with Gasteiger partial charge >= 0.3 is 0 Å². The summed E-state index contributed by atoms with van der Waals surface area (Å²) in [5, 5.41) is 0. The number of furan rings is 1. The highest BCUT2D eigenvalue weighted by molar-refractivity contribution is 5.19. The number of nitrogens with two attached hydrogens (primary N) is 1. The van der Waals surface area contributed by atoms with Crippen molar-refractivity contribution in [2.75, 3.05) is 0 Å². The lowest BCUT2D eigenvalue weighted by Gasteiger charge is -2.21. The summed E-state index contributed by atoms with van der Waals surface area (Å²) in [6, 6.07) is 2.03. The van der Waals surface area contributed by atoms with Crippen LogP contribution in [0.5, 0.6) is 0 Å². The van der Waals surface area contributed by atoms with E-state index in [1.165, 1.54) is 32.1 Å². The fourth-order valence-electron chi connectivity index (χ4n) is 2.30. The van der Waals surface area contributed by atoms with Gasteiger partial charge in [-0.2, -0.15) is 0 Å². The molecule has 1 aromatic heterocycles. The minimum absolute atomic E-state index is 0.431. The van der Waals surface area contributed by atoms with E-state index in [0.717, 1.165) is 17.1 Å². The Bertz CT molecular complexity index is 327. The predicted molar refractivity (Wildman–Crippen MR) is 63.0 cm³/mol. The SMILES string of the molecule is Cc1cc(COC2CCCCC2)oc1CN. The Morgan fingerprint density at radius 2 is 2.12 bits per heavy atom. The molecule has 0 aromatic carbocycles. The van der Waals surface area contributed by atoms with E-state index in [1.807, 2.05) is 13.0 Å². The van der Waals surface area contributed by atoms with E-state index < -0.39 is 0 Å². The van der Waals surface area contributed by atoms with Crippen molar-refractivity contribution >= 4 is 0 Å². The molecule has 90 valence electrons. The molecule has 0 saturated heterocycles. The van der Waals surface area contributed by atoms with Crippen molar-refractivity contribution in [3.05, 3.63) is 23.2 Å². The van der Waals surface area contributed by atoms with Crippen molar-refractivity contribution < 1.29 is 9.15 Å². The van der Waals surface area contributed by atoms with E-state index >= 15 is 0 Å². The van der Waals surface area contributed by atoms with Crippen molar-refractivity contribution in [2.24, 2.45) is 5.73 Å². The number of rotatable bonds is 4. The third kappa shape index (κ3) is 2.86. The minimum atomic E-state index is 0.431. The second-order valence-electron chi connectivity index (χ2n) is 4.59. The monoisotopic (exact) mass is 223 g/mol. The number of aryl methyl sites for hydroxylation is 1. The second kappa shape index (κ2) is 5.51. The van der Waals surface area contributed by atoms with Crippen molar-refractivity contribution in [3.8, 4) is 0 Å². The molecular formula is C13H21NO2. The maximum absolute atomic E-state index is 5.85. The molecule has 0 atom stereocenters. The van der Waals surface area contributed by atoms with Gasteiger partial charge in [-0.1, -0.05) is 19.3 Å². The van der Waals surface area contributed by atoms with Crippen LogP contribution in [0.25, 0.3) is 0 Å². The van der Waals surface area contributed by atoms with Crippen LogP contribution < -0.4 is 5.73 Å². The van der Waals surface area contributed by atoms with E-state index in [1.54, 1.807) is 0 Å². The van der Waals surface area contributed by atoms with Crippen LogP contribution in [-0.2, 0) is 17.9 Å². The lowest BCUT2D eigenvalue weighted by atomic mass is 9.98. The van der Waals surface area contributed by atoms with Gasteiger partial charge in [0.05, 0.1) is 12.6 Å². The molecule has 1 aromatic rings. The van der Waals surface area contributed by atoms with Gasteiger partial charge in [0.1, 0.15) is 18.1 Å². The Labute approximate surface area is 97.0 Å². The molecule has 0 radical (unpaired) electrons. The van der Waals surface area contributed by atoms with Gasteiger partial charge in [-0.3, -0.25) is 0 Å². The zero-order chi connectivity index (χ0) is 11.4. The van der Waals surface area contributed by atoms with Crippen molar-refractivity contribution in [1.29, 1.82) is 0 Å². The number of hydrogen-bond acceptors (Lipinski definition) is 3. The van der Waals surface area contributed by atoms with Crippen LogP contribution in [0.2, 0.25) is 0 Å². The van der Waals surface area contributed by atoms with Gasteiger partial charge in [0.2, 0.25) is 0 Å². The summed E-state index contributed by atoms with van der Waals surface area (Å²) < 4.78 is 11.5. The van der Waals surface area contributed by atoms with Crippen molar-refractivity contribution in [2.45, 2.75) is 58.3 Å². The molecule has 0 unspecified atom stereocenters. The summed E-state index contributed by atoms with van der Waals surface area (Å²) in [7, 11) is 0. The van der Waals surface area contributed by atoms with Crippen LogP contribution in [0.15, 0.2) is 10.5 Å². The minimum Gasteiger partial charge on any atom is -0.462 e. The Morgan fingerprint density at radius 3 is 2.75 bits per heavy atom. The Morgan fingerprint density at radius 1 is 1.38 bits per heavy atom. The summed E-state index contributed by atoms with van der Waals surface area (Å²) in [6.07, 6.45) is 6.79. The average molecular weight is 223 g/mol. The van der Waals surface area contributed by atoms with Crippen molar-refractivity contribution in [1.82, 2.24) is 0 Å². The molecule has 2 N–H and O–H groups in total. The lowest BCUT2D eigenvalue weighted by molar-refractivity contribution is 0.00840. The second-order valence-corrected chi connectivity index (χ2v) is 4.59. The fraction of sp³-hybridized carbons (Fsp3) is 0.692. The molecule has 1 aliphatic carbocycles. The molecule has 3 heteroatoms. The predicted octanol–water partition coefficient (Wildman–Crippen LogP) is 2.90. The Kier molecular flexibility index (Phi) is 4.02. The first kappa shape index (κ1) is 11.7. The third-order valence-corrected chi connectivity index (χ3v) is 3.27. The smallest absolute Gasteiger partial charge is 0.130 e. The first-order chi connectivity index (χ1) is 7.79. The maximum Gasteiger partial charge on any atom is 0.130 e. The molecule has 1 saturated carbocycles. The van der Waals surface area contributed by atoms with Gasteiger partial charge in [0, 0.05) is 0 Å². The summed E-state index contributed by atoms with van der Waals surface area (Å²) in [6.45, 7) is 3.08. The highest BCUT2D eigenvalue weighted by Crippen LogP contribution is 2.22. The lowest BCUT2D eigenvalue weighted by Crippen LogP contribution is -2.16. The Balaban J connectivity index is 1.83. The molecule has 1 aliphatic rings. The molecule has 1 fully saturated rings.